The Morgan fingerprint density at radius 3 is 2.21 bits per heavy atom. The summed E-state index contributed by atoms with van der Waals surface area (Å²) >= 11 is 1.88. The fourth-order valence-electron chi connectivity index (χ4n) is 8.38. The molecule has 3 aliphatic rings. The monoisotopic (exact) mass is 716 g/mol. The van der Waals surface area contributed by atoms with Gasteiger partial charge in [-0.1, -0.05) is 26.7 Å². The predicted molar refractivity (Wildman–Crippen MR) is 192 cm³/mol. The van der Waals surface area contributed by atoms with E-state index in [0.717, 1.165) is 41.5 Å². The molecule has 0 radical (unpaired) electrons. The number of hydrogen-bond acceptors (Lipinski definition) is 10. The van der Waals surface area contributed by atoms with E-state index in [1.807, 2.05) is 11.8 Å². The van der Waals surface area contributed by atoms with Crippen LogP contribution >= 0.6 is 11.8 Å². The molecule has 10 nitrogen and oxygen atoms in total. The van der Waals surface area contributed by atoms with Crippen LogP contribution in [0.25, 0.3) is 0 Å². The van der Waals surface area contributed by atoms with Crippen molar-refractivity contribution in [2.45, 2.75) is 136 Å². The van der Waals surface area contributed by atoms with Crippen molar-refractivity contribution in [3.8, 4) is 0 Å². The largest absolute Gasteiger partial charge is 0.465 e. The lowest BCUT2D eigenvalue weighted by atomic mass is 9.62. The molecule has 3 aliphatic carbocycles. The Bertz CT molecular complexity index is 1120. The smallest absolute Gasteiger partial charge is 0.353 e. The van der Waals surface area contributed by atoms with E-state index in [1.165, 1.54) is 38.5 Å². The number of carbonyl (C=O) groups excluding carboxylic acids is 2. The maximum Gasteiger partial charge on any atom is 0.353 e. The highest BCUT2D eigenvalue weighted by Gasteiger charge is 2.41. The number of sulfonamides is 1. The molecule has 4 atom stereocenters. The SMILES string of the molecule is CCOC(=O)CN(C1CCC(OCC2CCCC(C3C(C)CC(OCCCSC)CC3C)C2)CC1)S(=O)(=O)CC(=N)C(=O)OC(C)(C)C. The van der Waals surface area contributed by atoms with Gasteiger partial charge in [0.15, 0.2) is 0 Å². The highest BCUT2D eigenvalue weighted by molar-refractivity contribution is 7.98. The van der Waals surface area contributed by atoms with E-state index in [1.54, 1.807) is 27.7 Å². The molecule has 0 aromatic rings. The number of rotatable bonds is 17. The van der Waals surface area contributed by atoms with Crippen molar-refractivity contribution in [2.24, 2.45) is 29.6 Å². The summed E-state index contributed by atoms with van der Waals surface area (Å²) in [7, 11) is -4.16. The Hall–Kier alpha value is -1.21. The van der Waals surface area contributed by atoms with Crippen LogP contribution in [0.4, 0.5) is 0 Å². The molecular weight excluding hydrogens is 653 g/mol. The van der Waals surface area contributed by atoms with Crippen LogP contribution in [-0.4, -0.2) is 98.4 Å². The lowest BCUT2D eigenvalue weighted by Gasteiger charge is -2.45. The molecule has 0 spiro atoms. The van der Waals surface area contributed by atoms with Crippen LogP contribution in [-0.2, 0) is 38.6 Å². The van der Waals surface area contributed by atoms with Gasteiger partial charge in [0.2, 0.25) is 10.0 Å². The zero-order chi connectivity index (χ0) is 35.5. The fourth-order valence-corrected chi connectivity index (χ4v) is 10.4. The molecule has 278 valence electrons. The number of nitrogens with zero attached hydrogens (tertiary/aromatic N) is 1. The van der Waals surface area contributed by atoms with Crippen molar-refractivity contribution >= 4 is 39.4 Å². The van der Waals surface area contributed by atoms with Gasteiger partial charge in [-0.2, -0.15) is 16.1 Å². The topological polar surface area (TPSA) is 132 Å². The highest BCUT2D eigenvalue weighted by atomic mass is 32.2. The minimum Gasteiger partial charge on any atom is -0.465 e. The van der Waals surface area contributed by atoms with Crippen LogP contribution in [0.2, 0.25) is 0 Å². The number of carbonyl (C=O) groups is 2. The van der Waals surface area contributed by atoms with Gasteiger partial charge in [-0.05, 0) is 127 Å². The summed E-state index contributed by atoms with van der Waals surface area (Å²) in [6, 6.07) is -0.433. The van der Waals surface area contributed by atoms with Gasteiger partial charge in [-0.25, -0.2) is 13.2 Å². The Morgan fingerprint density at radius 1 is 0.938 bits per heavy atom. The molecule has 48 heavy (non-hydrogen) atoms. The van der Waals surface area contributed by atoms with Crippen LogP contribution < -0.4 is 0 Å². The van der Waals surface area contributed by atoms with Gasteiger partial charge in [0.1, 0.15) is 23.6 Å². The van der Waals surface area contributed by atoms with Crippen LogP contribution in [0.15, 0.2) is 0 Å². The summed E-state index contributed by atoms with van der Waals surface area (Å²) in [5.74, 6) is 2.04. The van der Waals surface area contributed by atoms with Crippen molar-refractivity contribution in [3.05, 3.63) is 0 Å². The molecule has 0 saturated heterocycles. The van der Waals surface area contributed by atoms with Crippen LogP contribution in [0.1, 0.15) is 112 Å². The quantitative estimate of drug-likeness (QED) is 0.102. The number of ether oxygens (including phenoxy) is 4. The van der Waals surface area contributed by atoms with Crippen molar-refractivity contribution in [3.63, 3.8) is 0 Å². The third kappa shape index (κ3) is 13.2. The van der Waals surface area contributed by atoms with Gasteiger partial charge in [-0.15, -0.1) is 0 Å². The molecule has 1 N–H and O–H groups in total. The Labute approximate surface area is 295 Å². The van der Waals surface area contributed by atoms with Crippen LogP contribution in [0.5, 0.6) is 0 Å². The molecule has 0 heterocycles. The zero-order valence-electron chi connectivity index (χ0n) is 30.7. The first-order valence-electron chi connectivity index (χ1n) is 18.3. The molecule has 0 aliphatic heterocycles. The molecule has 3 rings (SSSR count). The molecular formula is C36H64N2O8S2. The summed E-state index contributed by atoms with van der Waals surface area (Å²) in [4.78, 5) is 24.8. The van der Waals surface area contributed by atoms with Gasteiger partial charge < -0.3 is 18.9 Å². The van der Waals surface area contributed by atoms with Crippen LogP contribution in [0, 0.1) is 35.0 Å². The Morgan fingerprint density at radius 2 is 1.60 bits per heavy atom. The third-order valence-corrected chi connectivity index (χ3v) is 12.8. The van der Waals surface area contributed by atoms with E-state index in [0.29, 0.717) is 49.5 Å². The summed E-state index contributed by atoms with van der Waals surface area (Å²) in [6.45, 7) is 12.8. The van der Waals surface area contributed by atoms with E-state index >= 15 is 0 Å². The number of thioether (sulfide) groups is 1. The average Bonchev–Trinajstić information content (AvgIpc) is 3.00. The second-order valence-electron chi connectivity index (χ2n) is 15.5. The van der Waals surface area contributed by atoms with Gasteiger partial charge in [-0.3, -0.25) is 10.2 Å². The van der Waals surface area contributed by atoms with E-state index in [2.05, 4.69) is 20.1 Å². The summed E-state index contributed by atoms with van der Waals surface area (Å²) < 4.78 is 51.2. The second kappa shape index (κ2) is 19.4. The van der Waals surface area contributed by atoms with E-state index in [9.17, 15) is 18.0 Å². The van der Waals surface area contributed by atoms with Gasteiger partial charge in [0.05, 0.1) is 18.8 Å². The first-order valence-corrected chi connectivity index (χ1v) is 21.3. The third-order valence-electron chi connectivity index (χ3n) is 10.3. The number of esters is 2. The normalized spacial score (nSPS) is 30.2. The van der Waals surface area contributed by atoms with E-state index in [4.69, 9.17) is 24.4 Å². The molecule has 3 saturated carbocycles. The first kappa shape index (κ1) is 41.2. The van der Waals surface area contributed by atoms with E-state index in [-0.39, 0.29) is 12.7 Å². The maximum atomic E-state index is 13.5. The van der Waals surface area contributed by atoms with Crippen molar-refractivity contribution in [1.29, 1.82) is 5.41 Å². The van der Waals surface area contributed by atoms with Gasteiger partial charge >= 0.3 is 11.9 Å². The van der Waals surface area contributed by atoms with Crippen molar-refractivity contribution in [2.75, 3.05) is 44.1 Å². The minimum absolute atomic E-state index is 0.0466. The summed E-state index contributed by atoms with van der Waals surface area (Å²) in [5.41, 5.74) is -1.51. The van der Waals surface area contributed by atoms with Crippen LogP contribution in [0.3, 0.4) is 0 Å². The molecule has 0 amide bonds. The second-order valence-corrected chi connectivity index (χ2v) is 18.4. The molecule has 4 unspecified atom stereocenters. The lowest BCUT2D eigenvalue weighted by molar-refractivity contribution is -0.146. The first-order chi connectivity index (χ1) is 22.6. The zero-order valence-corrected chi connectivity index (χ0v) is 32.3. The highest BCUT2D eigenvalue weighted by Crippen LogP contribution is 2.46. The standard InChI is InChI=1S/C36H64N2O8S2/c1-8-43-33(39)22-38(48(41,42)24-32(37)35(40)46-36(4,5)6)29-13-15-30(16-14-29)45-23-27-11-9-12-28(21-27)34-25(2)19-31(20-26(34)3)44-17-10-18-47-7/h25-31,34,37H,8-24H2,1-7H3. The summed E-state index contributed by atoms with van der Waals surface area (Å²) in [5, 5.41) is 8.11. The van der Waals surface area contributed by atoms with E-state index < -0.39 is 51.6 Å². The Kier molecular flexibility index (Phi) is 16.7. The molecule has 0 bridgehead atoms. The molecule has 12 heteroatoms. The molecule has 0 aromatic carbocycles. The maximum absolute atomic E-state index is 13.5. The van der Waals surface area contributed by atoms with Gasteiger partial charge in [0.25, 0.3) is 0 Å². The summed E-state index contributed by atoms with van der Waals surface area (Å²) in [6.07, 6.45) is 13.4. The predicted octanol–water partition coefficient (Wildman–Crippen LogP) is 6.50. The minimum atomic E-state index is -4.16. The fraction of sp³-hybridized carbons (Fsp3) is 0.917. The molecule has 3 fully saturated rings. The number of hydrogen-bond donors (Lipinski definition) is 1. The van der Waals surface area contributed by atoms with Crippen molar-refractivity contribution < 1.29 is 37.0 Å². The van der Waals surface area contributed by atoms with Gasteiger partial charge in [0, 0.05) is 19.3 Å². The molecule has 0 aromatic heterocycles. The Balaban J connectivity index is 1.51. The van der Waals surface area contributed by atoms with Crippen molar-refractivity contribution in [1.82, 2.24) is 4.31 Å². The number of nitrogens with one attached hydrogen (secondary N) is 1. The lowest BCUT2D eigenvalue weighted by Crippen LogP contribution is -2.48. The average molecular weight is 717 g/mol.